The lowest BCUT2D eigenvalue weighted by Crippen LogP contribution is -2.41. The van der Waals surface area contributed by atoms with Gasteiger partial charge < -0.3 is 15.6 Å². The lowest BCUT2D eigenvalue weighted by atomic mass is 10.1. The fourth-order valence-electron chi connectivity index (χ4n) is 1.74. The first-order valence-electron chi connectivity index (χ1n) is 7.32. The van der Waals surface area contributed by atoms with Crippen LogP contribution in [-0.2, 0) is 4.79 Å². The summed E-state index contributed by atoms with van der Waals surface area (Å²) in [7, 11) is 0. The van der Waals surface area contributed by atoms with Crippen molar-refractivity contribution in [3.8, 4) is 11.5 Å². The van der Waals surface area contributed by atoms with Crippen molar-refractivity contribution < 1.29 is 19.4 Å². The topological polar surface area (TPSA) is 115 Å². The SMILES string of the molecule is CCC(CC)COc1ccnc(C(=O)NC(=O)[C@H](C)N)c1O. The van der Waals surface area contributed by atoms with Crippen LogP contribution in [0.1, 0.15) is 44.1 Å². The average Bonchev–Trinajstić information content (AvgIpc) is 2.49. The van der Waals surface area contributed by atoms with Crippen LogP contribution in [0.25, 0.3) is 0 Å². The molecule has 1 atom stereocenters. The van der Waals surface area contributed by atoms with Gasteiger partial charge in [-0.2, -0.15) is 0 Å². The second-order valence-corrected chi connectivity index (χ2v) is 5.11. The minimum absolute atomic E-state index is 0.167. The van der Waals surface area contributed by atoms with Gasteiger partial charge in [-0.3, -0.25) is 14.9 Å². The molecule has 0 aliphatic carbocycles. The number of nitrogens with two attached hydrogens (primary N) is 1. The van der Waals surface area contributed by atoms with Crippen LogP contribution in [0, 0.1) is 5.92 Å². The third-order valence-electron chi connectivity index (χ3n) is 3.38. The number of aromatic hydroxyl groups is 1. The zero-order chi connectivity index (χ0) is 16.7. The van der Waals surface area contributed by atoms with E-state index in [0.29, 0.717) is 12.5 Å². The Morgan fingerprint density at radius 3 is 2.59 bits per heavy atom. The number of hydrogen-bond acceptors (Lipinski definition) is 6. The molecule has 1 aromatic rings. The normalized spacial score (nSPS) is 12.0. The van der Waals surface area contributed by atoms with Crippen LogP contribution in [-0.4, -0.2) is 34.6 Å². The Morgan fingerprint density at radius 2 is 2.05 bits per heavy atom. The number of pyridine rings is 1. The summed E-state index contributed by atoms with van der Waals surface area (Å²) in [6.07, 6.45) is 3.25. The number of nitrogens with zero attached hydrogens (tertiary/aromatic N) is 1. The number of ether oxygens (including phenoxy) is 1. The molecule has 1 aromatic heterocycles. The predicted octanol–water partition coefficient (Wildman–Crippen LogP) is 1.21. The lowest BCUT2D eigenvalue weighted by Gasteiger charge is -2.15. The highest BCUT2D eigenvalue weighted by Gasteiger charge is 2.20. The summed E-state index contributed by atoms with van der Waals surface area (Å²) in [6, 6.07) is 0.641. The standard InChI is InChI=1S/C15H23N3O4/c1-4-10(5-2)8-22-11-6-7-17-12(13(11)19)15(21)18-14(20)9(3)16/h6-7,9-10,19H,4-5,8,16H2,1-3H3,(H,18,20,21)/t9-/m0/s1. The van der Waals surface area contributed by atoms with Gasteiger partial charge in [-0.1, -0.05) is 26.7 Å². The molecule has 0 fully saturated rings. The van der Waals surface area contributed by atoms with Crippen molar-refractivity contribution in [2.75, 3.05) is 6.61 Å². The lowest BCUT2D eigenvalue weighted by molar-refractivity contribution is -0.121. The van der Waals surface area contributed by atoms with Gasteiger partial charge in [-0.05, 0) is 12.8 Å². The van der Waals surface area contributed by atoms with E-state index < -0.39 is 17.9 Å². The van der Waals surface area contributed by atoms with Crippen LogP contribution in [0.4, 0.5) is 0 Å². The zero-order valence-corrected chi connectivity index (χ0v) is 13.1. The van der Waals surface area contributed by atoms with E-state index in [4.69, 9.17) is 10.5 Å². The number of nitrogens with one attached hydrogen (secondary N) is 1. The van der Waals surface area contributed by atoms with Gasteiger partial charge in [-0.15, -0.1) is 0 Å². The molecular formula is C15H23N3O4. The minimum Gasteiger partial charge on any atom is -0.503 e. The second-order valence-electron chi connectivity index (χ2n) is 5.11. The Balaban J connectivity index is 2.84. The van der Waals surface area contributed by atoms with Crippen LogP contribution in [0.2, 0.25) is 0 Å². The molecule has 0 bridgehead atoms. The maximum Gasteiger partial charge on any atom is 0.280 e. The van der Waals surface area contributed by atoms with Gasteiger partial charge in [0.2, 0.25) is 5.91 Å². The number of amides is 2. The molecule has 0 aliphatic rings. The highest BCUT2D eigenvalue weighted by atomic mass is 16.5. The van der Waals surface area contributed by atoms with E-state index in [1.54, 1.807) is 0 Å². The number of hydrogen-bond donors (Lipinski definition) is 3. The molecule has 7 nitrogen and oxygen atoms in total. The van der Waals surface area contributed by atoms with Crippen molar-refractivity contribution >= 4 is 11.8 Å². The van der Waals surface area contributed by atoms with Crippen molar-refractivity contribution in [2.24, 2.45) is 11.7 Å². The summed E-state index contributed by atoms with van der Waals surface area (Å²) in [6.45, 7) is 6.00. The van der Waals surface area contributed by atoms with Gasteiger partial charge in [0.15, 0.2) is 17.2 Å². The second kappa shape index (κ2) is 8.33. The number of aromatic nitrogens is 1. The first-order valence-corrected chi connectivity index (χ1v) is 7.32. The number of carbonyl (C=O) groups is 2. The number of rotatable bonds is 7. The molecule has 0 spiro atoms. The van der Waals surface area contributed by atoms with Gasteiger partial charge in [0.1, 0.15) is 0 Å². The monoisotopic (exact) mass is 309 g/mol. The molecule has 0 aliphatic heterocycles. The molecule has 0 saturated carbocycles. The van der Waals surface area contributed by atoms with Gasteiger partial charge in [0.25, 0.3) is 5.91 Å². The van der Waals surface area contributed by atoms with Crippen molar-refractivity contribution in [2.45, 2.75) is 39.7 Å². The predicted molar refractivity (Wildman–Crippen MR) is 81.6 cm³/mol. The van der Waals surface area contributed by atoms with Gasteiger partial charge in [0.05, 0.1) is 12.6 Å². The smallest absolute Gasteiger partial charge is 0.280 e. The molecule has 0 saturated heterocycles. The molecule has 0 radical (unpaired) electrons. The van der Waals surface area contributed by atoms with Gasteiger partial charge >= 0.3 is 0 Å². The summed E-state index contributed by atoms with van der Waals surface area (Å²) >= 11 is 0. The van der Waals surface area contributed by atoms with Crippen LogP contribution in [0.3, 0.4) is 0 Å². The van der Waals surface area contributed by atoms with E-state index in [1.165, 1.54) is 19.2 Å². The fraction of sp³-hybridized carbons (Fsp3) is 0.533. The molecule has 0 aromatic carbocycles. The molecule has 0 unspecified atom stereocenters. The van der Waals surface area contributed by atoms with Crippen molar-refractivity contribution in [3.63, 3.8) is 0 Å². The zero-order valence-electron chi connectivity index (χ0n) is 13.1. The third kappa shape index (κ3) is 4.70. The summed E-state index contributed by atoms with van der Waals surface area (Å²) < 4.78 is 5.54. The Labute approximate surface area is 129 Å². The largest absolute Gasteiger partial charge is 0.503 e. The minimum atomic E-state index is -0.833. The Kier molecular flexibility index (Phi) is 6.78. The Hall–Kier alpha value is -2.15. The van der Waals surface area contributed by atoms with Gasteiger partial charge in [-0.25, -0.2) is 4.98 Å². The summed E-state index contributed by atoms with van der Waals surface area (Å²) in [5.41, 5.74) is 5.10. The van der Waals surface area contributed by atoms with Crippen LogP contribution < -0.4 is 15.8 Å². The van der Waals surface area contributed by atoms with E-state index in [0.717, 1.165) is 12.8 Å². The highest BCUT2D eigenvalue weighted by molar-refractivity contribution is 6.06. The van der Waals surface area contributed by atoms with E-state index in [2.05, 4.69) is 24.1 Å². The maximum absolute atomic E-state index is 11.9. The van der Waals surface area contributed by atoms with E-state index in [9.17, 15) is 14.7 Å². The summed E-state index contributed by atoms with van der Waals surface area (Å²) in [4.78, 5) is 27.1. The fourth-order valence-corrected chi connectivity index (χ4v) is 1.74. The van der Waals surface area contributed by atoms with Crippen LogP contribution in [0.5, 0.6) is 11.5 Å². The summed E-state index contributed by atoms with van der Waals surface area (Å²) in [5, 5.41) is 12.1. The molecule has 1 rings (SSSR count). The van der Waals surface area contributed by atoms with Crippen LogP contribution >= 0.6 is 0 Å². The molecule has 2 amide bonds. The Morgan fingerprint density at radius 1 is 1.41 bits per heavy atom. The molecule has 7 heteroatoms. The molecule has 122 valence electrons. The van der Waals surface area contributed by atoms with Crippen molar-refractivity contribution in [1.29, 1.82) is 0 Å². The van der Waals surface area contributed by atoms with Crippen LogP contribution in [0.15, 0.2) is 12.3 Å². The first-order chi connectivity index (χ1) is 10.4. The van der Waals surface area contributed by atoms with Crippen molar-refractivity contribution in [1.82, 2.24) is 10.3 Å². The molecule has 22 heavy (non-hydrogen) atoms. The average molecular weight is 309 g/mol. The third-order valence-corrected chi connectivity index (χ3v) is 3.38. The Bertz CT molecular complexity index is 528. The number of imide groups is 1. The van der Waals surface area contributed by atoms with E-state index >= 15 is 0 Å². The van der Waals surface area contributed by atoms with Crippen molar-refractivity contribution in [3.05, 3.63) is 18.0 Å². The molecular weight excluding hydrogens is 286 g/mol. The number of carbonyl (C=O) groups excluding carboxylic acids is 2. The molecule has 4 N–H and O–H groups in total. The quantitative estimate of drug-likeness (QED) is 0.697. The highest BCUT2D eigenvalue weighted by Crippen LogP contribution is 2.28. The van der Waals surface area contributed by atoms with E-state index in [1.807, 2.05) is 0 Å². The maximum atomic E-state index is 11.9. The van der Waals surface area contributed by atoms with E-state index in [-0.39, 0.29) is 17.2 Å². The summed E-state index contributed by atoms with van der Waals surface area (Å²) in [5.74, 6) is -1.31. The molecule has 1 heterocycles. The van der Waals surface area contributed by atoms with Gasteiger partial charge in [0, 0.05) is 12.3 Å². The first kappa shape index (κ1) is 17.9.